The quantitative estimate of drug-likeness (QED) is 0.780. The highest BCUT2D eigenvalue weighted by molar-refractivity contribution is 5.46. The lowest BCUT2D eigenvalue weighted by Crippen LogP contribution is -1.97. The fourth-order valence-electron chi connectivity index (χ4n) is 2.24. The minimum atomic E-state index is -0.305. The standard InChI is InChI=1S/C12H16O2/c1-3-14-11-6-4-5-9-10(13)7-8(2)12(9)11/h4-6,8,10,13H,3,7H2,1-2H3. The van der Waals surface area contributed by atoms with E-state index in [-0.39, 0.29) is 6.10 Å². The molecular formula is C12H16O2. The average molecular weight is 192 g/mol. The molecule has 0 saturated carbocycles. The fourth-order valence-corrected chi connectivity index (χ4v) is 2.24. The molecule has 1 aromatic rings. The molecule has 1 N–H and O–H groups in total. The summed E-state index contributed by atoms with van der Waals surface area (Å²) in [5, 5.41) is 9.79. The van der Waals surface area contributed by atoms with Crippen LogP contribution in [0.15, 0.2) is 18.2 Å². The number of benzene rings is 1. The second-order valence-electron chi connectivity index (χ2n) is 3.84. The van der Waals surface area contributed by atoms with Gasteiger partial charge in [-0.2, -0.15) is 0 Å². The predicted octanol–water partition coefficient (Wildman–Crippen LogP) is 2.63. The molecule has 0 bridgehead atoms. The fraction of sp³-hybridized carbons (Fsp3) is 0.500. The summed E-state index contributed by atoms with van der Waals surface area (Å²) in [4.78, 5) is 0. The van der Waals surface area contributed by atoms with Gasteiger partial charge in [0.2, 0.25) is 0 Å². The SMILES string of the molecule is CCOc1cccc2c1C(C)CC2O. The number of ether oxygens (including phenoxy) is 1. The van der Waals surface area contributed by atoms with Crippen molar-refractivity contribution in [3.8, 4) is 5.75 Å². The van der Waals surface area contributed by atoms with Crippen LogP contribution in [0, 0.1) is 0 Å². The number of hydrogen-bond acceptors (Lipinski definition) is 2. The second kappa shape index (κ2) is 3.62. The molecule has 0 amide bonds. The Morgan fingerprint density at radius 3 is 3.00 bits per heavy atom. The van der Waals surface area contributed by atoms with Crippen LogP contribution in [0.2, 0.25) is 0 Å². The Hall–Kier alpha value is -1.02. The van der Waals surface area contributed by atoms with Crippen molar-refractivity contribution in [2.24, 2.45) is 0 Å². The summed E-state index contributed by atoms with van der Waals surface area (Å²) in [7, 11) is 0. The van der Waals surface area contributed by atoms with Crippen molar-refractivity contribution in [2.75, 3.05) is 6.61 Å². The third-order valence-corrected chi connectivity index (χ3v) is 2.83. The molecule has 2 rings (SSSR count). The number of rotatable bonds is 2. The highest BCUT2D eigenvalue weighted by Gasteiger charge is 2.29. The molecule has 1 aliphatic rings. The lowest BCUT2D eigenvalue weighted by atomic mass is 10.0. The molecule has 2 unspecified atom stereocenters. The van der Waals surface area contributed by atoms with Crippen molar-refractivity contribution in [1.82, 2.24) is 0 Å². The molecule has 2 atom stereocenters. The van der Waals surface area contributed by atoms with Crippen LogP contribution in [0.1, 0.15) is 43.4 Å². The Labute approximate surface area is 84.5 Å². The average Bonchev–Trinajstić information content (AvgIpc) is 2.44. The third-order valence-electron chi connectivity index (χ3n) is 2.83. The highest BCUT2D eigenvalue weighted by Crippen LogP contribution is 2.44. The first kappa shape index (κ1) is 9.53. The molecule has 0 aliphatic heterocycles. The molecule has 0 saturated heterocycles. The van der Waals surface area contributed by atoms with Crippen LogP contribution in [-0.2, 0) is 0 Å². The van der Waals surface area contributed by atoms with Crippen molar-refractivity contribution < 1.29 is 9.84 Å². The number of aliphatic hydroxyl groups is 1. The zero-order valence-electron chi connectivity index (χ0n) is 8.66. The van der Waals surface area contributed by atoms with E-state index in [1.807, 2.05) is 25.1 Å². The van der Waals surface area contributed by atoms with Crippen molar-refractivity contribution in [3.63, 3.8) is 0 Å². The van der Waals surface area contributed by atoms with Gasteiger partial charge in [0.05, 0.1) is 12.7 Å². The van der Waals surface area contributed by atoms with Crippen molar-refractivity contribution in [3.05, 3.63) is 29.3 Å². The van der Waals surface area contributed by atoms with Gasteiger partial charge in [0.15, 0.2) is 0 Å². The Balaban J connectivity index is 2.45. The lowest BCUT2D eigenvalue weighted by molar-refractivity contribution is 0.174. The van der Waals surface area contributed by atoms with Crippen LogP contribution in [0.3, 0.4) is 0 Å². The molecule has 1 aromatic carbocycles. The molecule has 0 aromatic heterocycles. The summed E-state index contributed by atoms with van der Waals surface area (Å²) in [5.74, 6) is 1.34. The van der Waals surface area contributed by atoms with Crippen LogP contribution in [0.25, 0.3) is 0 Å². The van der Waals surface area contributed by atoms with Gasteiger partial charge in [-0.3, -0.25) is 0 Å². The lowest BCUT2D eigenvalue weighted by Gasteiger charge is -2.11. The van der Waals surface area contributed by atoms with Gasteiger partial charge in [0.1, 0.15) is 5.75 Å². The largest absolute Gasteiger partial charge is 0.494 e. The normalized spacial score (nSPS) is 24.8. The van der Waals surface area contributed by atoms with Gasteiger partial charge >= 0.3 is 0 Å². The van der Waals surface area contributed by atoms with E-state index in [9.17, 15) is 5.11 Å². The summed E-state index contributed by atoms with van der Waals surface area (Å²) in [6.45, 7) is 4.80. The van der Waals surface area contributed by atoms with E-state index in [1.165, 1.54) is 5.56 Å². The summed E-state index contributed by atoms with van der Waals surface area (Å²) in [6.07, 6.45) is 0.514. The summed E-state index contributed by atoms with van der Waals surface area (Å²) in [6, 6.07) is 5.92. The zero-order chi connectivity index (χ0) is 10.1. The van der Waals surface area contributed by atoms with E-state index in [0.29, 0.717) is 12.5 Å². The molecule has 2 heteroatoms. The zero-order valence-corrected chi connectivity index (χ0v) is 8.66. The monoisotopic (exact) mass is 192 g/mol. The maximum atomic E-state index is 9.79. The van der Waals surface area contributed by atoms with Crippen molar-refractivity contribution in [2.45, 2.75) is 32.3 Å². The van der Waals surface area contributed by atoms with E-state index < -0.39 is 0 Å². The number of aliphatic hydroxyl groups excluding tert-OH is 1. The molecule has 1 aliphatic carbocycles. The Morgan fingerprint density at radius 2 is 2.29 bits per heavy atom. The minimum Gasteiger partial charge on any atom is -0.494 e. The topological polar surface area (TPSA) is 29.5 Å². The van der Waals surface area contributed by atoms with E-state index >= 15 is 0 Å². The van der Waals surface area contributed by atoms with Gasteiger partial charge in [0.25, 0.3) is 0 Å². The first-order valence-electron chi connectivity index (χ1n) is 5.17. The maximum Gasteiger partial charge on any atom is 0.123 e. The summed E-state index contributed by atoms with van der Waals surface area (Å²) in [5.41, 5.74) is 2.24. The van der Waals surface area contributed by atoms with Crippen LogP contribution < -0.4 is 4.74 Å². The van der Waals surface area contributed by atoms with Crippen LogP contribution in [-0.4, -0.2) is 11.7 Å². The van der Waals surface area contributed by atoms with E-state index in [4.69, 9.17) is 4.74 Å². The van der Waals surface area contributed by atoms with Crippen LogP contribution >= 0.6 is 0 Å². The van der Waals surface area contributed by atoms with Gasteiger partial charge in [0, 0.05) is 5.56 Å². The second-order valence-corrected chi connectivity index (χ2v) is 3.84. The Morgan fingerprint density at radius 1 is 1.50 bits per heavy atom. The molecule has 76 valence electrons. The smallest absolute Gasteiger partial charge is 0.123 e. The van der Waals surface area contributed by atoms with E-state index in [1.54, 1.807) is 0 Å². The molecule has 14 heavy (non-hydrogen) atoms. The van der Waals surface area contributed by atoms with Crippen LogP contribution in [0.5, 0.6) is 5.75 Å². The van der Waals surface area contributed by atoms with Crippen LogP contribution in [0.4, 0.5) is 0 Å². The highest BCUT2D eigenvalue weighted by atomic mass is 16.5. The van der Waals surface area contributed by atoms with Crippen molar-refractivity contribution >= 4 is 0 Å². The summed E-state index contributed by atoms with van der Waals surface area (Å²) >= 11 is 0. The number of hydrogen-bond donors (Lipinski definition) is 1. The van der Waals surface area contributed by atoms with Gasteiger partial charge in [-0.1, -0.05) is 19.1 Å². The van der Waals surface area contributed by atoms with Gasteiger partial charge < -0.3 is 9.84 Å². The first-order chi connectivity index (χ1) is 6.74. The number of fused-ring (bicyclic) bond motifs is 1. The maximum absolute atomic E-state index is 9.79. The first-order valence-corrected chi connectivity index (χ1v) is 5.17. The molecule has 0 heterocycles. The molecule has 0 spiro atoms. The molecule has 2 nitrogen and oxygen atoms in total. The molecule has 0 fully saturated rings. The summed E-state index contributed by atoms with van der Waals surface area (Å²) < 4.78 is 5.56. The Bertz CT molecular complexity index is 333. The molecular weight excluding hydrogens is 176 g/mol. The molecule has 0 radical (unpaired) electrons. The third kappa shape index (κ3) is 1.40. The van der Waals surface area contributed by atoms with Crippen molar-refractivity contribution in [1.29, 1.82) is 0 Å². The predicted molar refractivity (Wildman–Crippen MR) is 55.6 cm³/mol. The minimum absolute atomic E-state index is 0.305. The van der Waals surface area contributed by atoms with Gasteiger partial charge in [-0.25, -0.2) is 0 Å². The van der Waals surface area contributed by atoms with Gasteiger partial charge in [-0.15, -0.1) is 0 Å². The van der Waals surface area contributed by atoms with E-state index in [0.717, 1.165) is 17.7 Å². The van der Waals surface area contributed by atoms with Gasteiger partial charge in [-0.05, 0) is 30.9 Å². The van der Waals surface area contributed by atoms with E-state index in [2.05, 4.69) is 6.92 Å². The Kier molecular flexibility index (Phi) is 2.46.